The minimum atomic E-state index is -4.55. The highest BCUT2D eigenvalue weighted by Crippen LogP contribution is 2.21. The summed E-state index contributed by atoms with van der Waals surface area (Å²) in [4.78, 5) is 19.8. The molecule has 0 fully saturated rings. The van der Waals surface area contributed by atoms with Gasteiger partial charge in [-0.15, -0.1) is 0 Å². The molecule has 7 heteroatoms. The maximum atomic E-state index is 11.6. The van der Waals surface area contributed by atoms with E-state index < -0.39 is 24.8 Å². The van der Waals surface area contributed by atoms with Crippen LogP contribution in [0.1, 0.15) is 6.42 Å². The smallest absolute Gasteiger partial charge is 0.405 e. The van der Waals surface area contributed by atoms with Crippen molar-refractivity contribution in [1.82, 2.24) is 0 Å². The maximum Gasteiger partial charge on any atom is 0.405 e. The largest absolute Gasteiger partial charge is 0.438 e. The van der Waals surface area contributed by atoms with Gasteiger partial charge in [0.25, 0.3) is 0 Å². The van der Waals surface area contributed by atoms with Crippen LogP contribution >= 0.6 is 0 Å². The lowest BCUT2D eigenvalue weighted by molar-refractivity contribution is -0.157. The number of rotatable bonds is 3. The molecule has 0 saturated heterocycles. The molecule has 0 heterocycles. The molecule has 12 heavy (non-hydrogen) atoms. The van der Waals surface area contributed by atoms with Gasteiger partial charge in [0.05, 0.1) is 6.42 Å². The molecule has 1 unspecified atom stereocenters. The van der Waals surface area contributed by atoms with Gasteiger partial charge in [0.1, 0.15) is 0 Å². The van der Waals surface area contributed by atoms with Crippen molar-refractivity contribution >= 4 is 12.4 Å². The molecule has 0 rings (SSSR count). The highest BCUT2D eigenvalue weighted by molar-refractivity contribution is 5.69. The zero-order valence-electron chi connectivity index (χ0n) is 5.80. The molecular weight excluding hydrogens is 179 g/mol. The topological polar surface area (TPSA) is 69.4 Å². The Bertz CT molecular complexity index is 179. The molecule has 0 saturated carbocycles. The third kappa shape index (κ3) is 5.51. The SMILES string of the molecule is NC(=O)OC(C=O)CC(F)(F)F. The molecule has 0 aliphatic carbocycles. The molecule has 0 aromatic heterocycles. The minimum absolute atomic E-state index is 0.127. The summed E-state index contributed by atoms with van der Waals surface area (Å²) in [5, 5.41) is 0. The Labute approximate surface area is 65.5 Å². The number of hydrogen-bond donors (Lipinski definition) is 1. The first-order valence-electron chi connectivity index (χ1n) is 2.83. The number of hydrogen-bond acceptors (Lipinski definition) is 3. The second-order valence-electron chi connectivity index (χ2n) is 1.93. The Balaban J connectivity index is 4.00. The summed E-state index contributed by atoms with van der Waals surface area (Å²) in [7, 11) is 0. The monoisotopic (exact) mass is 185 g/mol. The fourth-order valence-corrected chi connectivity index (χ4v) is 0.495. The van der Waals surface area contributed by atoms with Crippen molar-refractivity contribution in [2.75, 3.05) is 0 Å². The van der Waals surface area contributed by atoms with Gasteiger partial charge in [-0.25, -0.2) is 4.79 Å². The lowest BCUT2D eigenvalue weighted by atomic mass is 10.3. The van der Waals surface area contributed by atoms with E-state index in [0.29, 0.717) is 0 Å². The molecule has 0 aliphatic rings. The van der Waals surface area contributed by atoms with Crippen molar-refractivity contribution in [3.63, 3.8) is 0 Å². The Morgan fingerprint density at radius 2 is 2.08 bits per heavy atom. The van der Waals surface area contributed by atoms with E-state index in [2.05, 4.69) is 10.5 Å². The maximum absolute atomic E-state index is 11.6. The predicted octanol–water partition coefficient (Wildman–Crippen LogP) is 0.602. The summed E-state index contributed by atoms with van der Waals surface area (Å²) in [5.74, 6) is 0. The molecule has 1 amide bonds. The quantitative estimate of drug-likeness (QED) is 0.654. The molecule has 0 aromatic rings. The number of ether oxygens (including phenoxy) is 1. The van der Waals surface area contributed by atoms with Crippen LogP contribution in [0.5, 0.6) is 0 Å². The van der Waals surface area contributed by atoms with Gasteiger partial charge < -0.3 is 10.5 Å². The Hall–Kier alpha value is -1.27. The third-order valence-corrected chi connectivity index (χ3v) is 0.852. The normalized spacial score (nSPS) is 13.6. The standard InChI is InChI=1S/C5H6F3NO3/c6-5(7,8)1-3(2-10)12-4(9)11/h2-3H,1H2,(H2,9,11). The molecule has 0 aliphatic heterocycles. The van der Waals surface area contributed by atoms with Gasteiger partial charge >= 0.3 is 12.3 Å². The molecule has 0 radical (unpaired) electrons. The lowest BCUT2D eigenvalue weighted by Crippen LogP contribution is -2.28. The first-order valence-corrected chi connectivity index (χ1v) is 2.83. The van der Waals surface area contributed by atoms with Crippen LogP contribution in [-0.4, -0.2) is 24.7 Å². The zero-order chi connectivity index (χ0) is 9.78. The van der Waals surface area contributed by atoms with Gasteiger partial charge in [-0.3, -0.25) is 4.79 Å². The highest BCUT2D eigenvalue weighted by Gasteiger charge is 2.33. The summed E-state index contributed by atoms with van der Waals surface area (Å²) >= 11 is 0. The lowest BCUT2D eigenvalue weighted by Gasteiger charge is -2.11. The highest BCUT2D eigenvalue weighted by atomic mass is 19.4. The molecule has 1 atom stereocenters. The average molecular weight is 185 g/mol. The van der Waals surface area contributed by atoms with E-state index in [1.165, 1.54) is 0 Å². The van der Waals surface area contributed by atoms with Crippen molar-refractivity contribution < 1.29 is 27.5 Å². The number of primary amides is 1. The predicted molar refractivity (Wildman–Crippen MR) is 31.2 cm³/mol. The van der Waals surface area contributed by atoms with E-state index in [9.17, 15) is 22.8 Å². The van der Waals surface area contributed by atoms with Gasteiger partial charge in [0.15, 0.2) is 12.4 Å². The van der Waals surface area contributed by atoms with E-state index in [0.717, 1.165) is 0 Å². The fourth-order valence-electron chi connectivity index (χ4n) is 0.495. The first kappa shape index (κ1) is 10.7. The molecule has 4 nitrogen and oxygen atoms in total. The second-order valence-corrected chi connectivity index (χ2v) is 1.93. The minimum Gasteiger partial charge on any atom is -0.438 e. The van der Waals surface area contributed by atoms with Crippen LogP contribution < -0.4 is 5.73 Å². The van der Waals surface area contributed by atoms with E-state index in [4.69, 9.17) is 0 Å². The fraction of sp³-hybridized carbons (Fsp3) is 0.600. The molecule has 0 bridgehead atoms. The molecular formula is C5H6F3NO3. The van der Waals surface area contributed by atoms with Crippen molar-refractivity contribution in [2.45, 2.75) is 18.7 Å². The molecule has 2 N–H and O–H groups in total. The van der Waals surface area contributed by atoms with Crippen LogP contribution in [0.4, 0.5) is 18.0 Å². The van der Waals surface area contributed by atoms with Crippen LogP contribution in [-0.2, 0) is 9.53 Å². The summed E-state index contributed by atoms with van der Waals surface area (Å²) in [6.07, 6.45) is -9.45. The Kier molecular flexibility index (Phi) is 3.52. The van der Waals surface area contributed by atoms with Crippen molar-refractivity contribution in [3.8, 4) is 0 Å². The van der Waals surface area contributed by atoms with Crippen LogP contribution in [0.3, 0.4) is 0 Å². The molecule has 0 spiro atoms. The number of nitrogens with two attached hydrogens (primary N) is 1. The summed E-state index contributed by atoms with van der Waals surface area (Å²) in [6.45, 7) is 0. The van der Waals surface area contributed by atoms with Gasteiger partial charge in [-0.1, -0.05) is 0 Å². The summed E-state index contributed by atoms with van der Waals surface area (Å²) in [5.41, 5.74) is 4.40. The zero-order valence-corrected chi connectivity index (χ0v) is 5.80. The second kappa shape index (κ2) is 3.93. The number of carbonyl (C=O) groups excluding carboxylic acids is 2. The summed E-state index contributed by atoms with van der Waals surface area (Å²) in [6, 6.07) is 0. The number of halogens is 3. The summed E-state index contributed by atoms with van der Waals surface area (Å²) < 4.78 is 38.5. The van der Waals surface area contributed by atoms with Crippen molar-refractivity contribution in [2.24, 2.45) is 5.73 Å². The van der Waals surface area contributed by atoms with E-state index >= 15 is 0 Å². The third-order valence-electron chi connectivity index (χ3n) is 0.852. The van der Waals surface area contributed by atoms with Crippen LogP contribution in [0.15, 0.2) is 0 Å². The van der Waals surface area contributed by atoms with E-state index in [1.54, 1.807) is 0 Å². The van der Waals surface area contributed by atoms with Crippen molar-refractivity contribution in [1.29, 1.82) is 0 Å². The van der Waals surface area contributed by atoms with Gasteiger partial charge in [-0.05, 0) is 0 Å². The van der Waals surface area contributed by atoms with E-state index in [-0.39, 0.29) is 6.29 Å². The van der Waals surface area contributed by atoms with Gasteiger partial charge in [-0.2, -0.15) is 13.2 Å². The van der Waals surface area contributed by atoms with Crippen LogP contribution in [0.2, 0.25) is 0 Å². The molecule has 0 aromatic carbocycles. The number of alkyl halides is 3. The van der Waals surface area contributed by atoms with Crippen molar-refractivity contribution in [3.05, 3.63) is 0 Å². The molecule has 70 valence electrons. The number of carbonyl (C=O) groups is 2. The number of aldehydes is 1. The van der Waals surface area contributed by atoms with E-state index in [1.807, 2.05) is 0 Å². The van der Waals surface area contributed by atoms with Gasteiger partial charge in [0, 0.05) is 0 Å². The first-order chi connectivity index (χ1) is 5.35. The Morgan fingerprint density at radius 1 is 1.58 bits per heavy atom. The average Bonchev–Trinajstić information content (AvgIpc) is 1.82. The Morgan fingerprint density at radius 3 is 2.33 bits per heavy atom. The van der Waals surface area contributed by atoms with Crippen LogP contribution in [0, 0.1) is 0 Å². The number of amides is 1. The van der Waals surface area contributed by atoms with Gasteiger partial charge in [0.2, 0.25) is 0 Å². The van der Waals surface area contributed by atoms with Crippen LogP contribution in [0.25, 0.3) is 0 Å².